The second-order valence-electron chi connectivity index (χ2n) is 5.28. The van der Waals surface area contributed by atoms with E-state index in [1.807, 2.05) is 0 Å². The van der Waals surface area contributed by atoms with Gasteiger partial charge >= 0.3 is 24.6 Å². The smallest absolute Gasteiger partial charge is 0.449 e. The molecule has 1 heterocycles. The second-order valence-corrected chi connectivity index (χ2v) is 5.28. The molecule has 0 aliphatic rings. The molecule has 0 atom stereocenters. The van der Waals surface area contributed by atoms with Gasteiger partial charge in [-0.25, -0.2) is 19.2 Å². The molecule has 150 valence electrons. The lowest BCUT2D eigenvalue weighted by Crippen LogP contribution is -2.06. The lowest BCUT2D eigenvalue weighted by molar-refractivity contribution is 0.140. The van der Waals surface area contributed by atoms with Crippen LogP contribution < -0.4 is 18.9 Å². The Kier molecular flexibility index (Phi) is 4.70. The van der Waals surface area contributed by atoms with Crippen molar-refractivity contribution >= 4 is 46.4 Å². The highest BCUT2D eigenvalue weighted by molar-refractivity contribution is 6.13. The Morgan fingerprint density at radius 2 is 1.14 bits per heavy atom. The molecule has 2 aromatic carbocycles. The number of hydrogen-bond acceptors (Lipinski definition) is 8. The Hall–Kier alpha value is -4.68. The highest BCUT2D eigenvalue weighted by atomic mass is 16.7. The van der Waals surface area contributed by atoms with Crippen molar-refractivity contribution in [2.75, 3.05) is 0 Å². The quantitative estimate of drug-likeness (QED) is 0.311. The Morgan fingerprint density at radius 1 is 0.655 bits per heavy atom. The average molecular weight is 407 g/mol. The van der Waals surface area contributed by atoms with Crippen molar-refractivity contribution in [3.8, 4) is 23.0 Å². The first-order valence-electron chi connectivity index (χ1n) is 7.40. The normalized spacial score (nSPS) is 10.5. The third-order valence-corrected chi connectivity index (χ3v) is 3.49. The van der Waals surface area contributed by atoms with Crippen LogP contribution in [0.1, 0.15) is 0 Å². The zero-order valence-electron chi connectivity index (χ0n) is 13.9. The molecule has 0 radical (unpaired) electrons. The van der Waals surface area contributed by atoms with Crippen LogP contribution in [0.25, 0.3) is 21.8 Å². The minimum Gasteiger partial charge on any atom is -0.449 e. The standard InChI is InChI=1S/C16H9NO12/c18-13(19)26-5-1-7-11-8(17-12(7)10(4-5)29-16(24)25)2-6(27-14(20)21)3-9(11)28-15(22)23/h1-4,17H,(H,18,19)(H,20,21)(H,22,23)(H,24,25). The summed E-state index contributed by atoms with van der Waals surface area (Å²) in [7, 11) is 0. The molecule has 0 bridgehead atoms. The van der Waals surface area contributed by atoms with E-state index in [0.29, 0.717) is 0 Å². The molecule has 3 aromatic rings. The number of ether oxygens (including phenoxy) is 4. The summed E-state index contributed by atoms with van der Waals surface area (Å²) in [6, 6.07) is 4.30. The van der Waals surface area contributed by atoms with E-state index in [-0.39, 0.29) is 44.8 Å². The first-order chi connectivity index (χ1) is 13.6. The van der Waals surface area contributed by atoms with E-state index in [4.69, 9.17) is 20.4 Å². The van der Waals surface area contributed by atoms with Gasteiger partial charge in [-0.15, -0.1) is 0 Å². The number of carbonyl (C=O) groups is 4. The number of hydrogen-bond donors (Lipinski definition) is 5. The first-order valence-corrected chi connectivity index (χ1v) is 7.40. The lowest BCUT2D eigenvalue weighted by Gasteiger charge is -2.07. The van der Waals surface area contributed by atoms with Crippen molar-refractivity contribution in [2.24, 2.45) is 0 Å². The van der Waals surface area contributed by atoms with Crippen LogP contribution in [0, 0.1) is 0 Å². The van der Waals surface area contributed by atoms with E-state index < -0.39 is 24.6 Å². The summed E-state index contributed by atoms with van der Waals surface area (Å²) in [5.41, 5.74) is 0.0977. The van der Waals surface area contributed by atoms with E-state index in [0.717, 1.165) is 12.1 Å². The number of aromatic nitrogens is 1. The van der Waals surface area contributed by atoms with Crippen molar-refractivity contribution in [3.63, 3.8) is 0 Å². The van der Waals surface area contributed by atoms with Gasteiger partial charge < -0.3 is 44.4 Å². The SMILES string of the molecule is O=C(O)Oc1cc(OC(=O)O)c2c(c1)[nH]c1c(OC(=O)O)cc(OC(=O)O)cc12. The second kappa shape index (κ2) is 7.15. The molecule has 0 unspecified atom stereocenters. The molecule has 13 heteroatoms. The molecule has 0 saturated heterocycles. The molecule has 3 rings (SSSR count). The van der Waals surface area contributed by atoms with Crippen molar-refractivity contribution in [3.05, 3.63) is 24.3 Å². The van der Waals surface area contributed by atoms with Gasteiger partial charge in [-0.2, -0.15) is 0 Å². The third-order valence-electron chi connectivity index (χ3n) is 3.49. The highest BCUT2D eigenvalue weighted by Crippen LogP contribution is 2.42. The van der Waals surface area contributed by atoms with Gasteiger partial charge in [0.15, 0.2) is 5.75 Å². The van der Waals surface area contributed by atoms with Crippen LogP contribution in [0.4, 0.5) is 19.2 Å². The number of rotatable bonds is 4. The van der Waals surface area contributed by atoms with Crippen molar-refractivity contribution in [2.45, 2.75) is 0 Å². The molecule has 0 spiro atoms. The number of H-pyrrole nitrogens is 1. The molecule has 0 saturated carbocycles. The van der Waals surface area contributed by atoms with Crippen molar-refractivity contribution < 1.29 is 58.6 Å². The van der Waals surface area contributed by atoms with Crippen LogP contribution >= 0.6 is 0 Å². The van der Waals surface area contributed by atoms with Gasteiger partial charge in [0.1, 0.15) is 17.2 Å². The minimum absolute atomic E-state index is 0.0165. The largest absolute Gasteiger partial charge is 0.511 e. The fraction of sp³-hybridized carbons (Fsp3) is 0. The number of carboxylic acid groups (broad SMARTS) is 4. The van der Waals surface area contributed by atoms with E-state index in [1.54, 1.807) is 0 Å². The van der Waals surface area contributed by atoms with Crippen LogP contribution in [-0.4, -0.2) is 50.0 Å². The average Bonchev–Trinajstić information content (AvgIpc) is 2.91. The summed E-state index contributed by atoms with van der Waals surface area (Å²) in [6.07, 6.45) is -6.80. The summed E-state index contributed by atoms with van der Waals surface area (Å²) in [5.74, 6) is -1.35. The number of benzene rings is 2. The maximum Gasteiger partial charge on any atom is 0.511 e. The Balaban J connectivity index is 2.35. The Morgan fingerprint density at radius 3 is 1.69 bits per heavy atom. The van der Waals surface area contributed by atoms with Gasteiger partial charge in [0.05, 0.1) is 16.4 Å². The molecule has 29 heavy (non-hydrogen) atoms. The van der Waals surface area contributed by atoms with Gasteiger partial charge in [0.2, 0.25) is 0 Å². The highest BCUT2D eigenvalue weighted by Gasteiger charge is 2.21. The van der Waals surface area contributed by atoms with Crippen molar-refractivity contribution in [1.29, 1.82) is 0 Å². The molecular weight excluding hydrogens is 398 g/mol. The van der Waals surface area contributed by atoms with Crippen molar-refractivity contribution in [1.82, 2.24) is 4.98 Å². The summed E-state index contributed by atoms with van der Waals surface area (Å²) < 4.78 is 18.3. The summed E-state index contributed by atoms with van der Waals surface area (Å²) >= 11 is 0. The van der Waals surface area contributed by atoms with Gasteiger partial charge in [-0.1, -0.05) is 0 Å². The molecule has 0 aliphatic heterocycles. The van der Waals surface area contributed by atoms with Gasteiger partial charge in [0, 0.05) is 23.6 Å². The van der Waals surface area contributed by atoms with Crippen LogP contribution in [0.2, 0.25) is 0 Å². The molecule has 0 amide bonds. The fourth-order valence-electron chi connectivity index (χ4n) is 2.69. The summed E-state index contributed by atoms with van der Waals surface area (Å²) in [4.78, 5) is 46.3. The van der Waals surface area contributed by atoms with Crippen LogP contribution in [-0.2, 0) is 0 Å². The lowest BCUT2D eigenvalue weighted by atomic mass is 10.1. The van der Waals surface area contributed by atoms with E-state index in [1.165, 1.54) is 12.1 Å². The minimum atomic E-state index is -1.73. The Bertz CT molecular complexity index is 1180. The molecule has 5 N–H and O–H groups in total. The molecular formula is C16H9NO12. The molecule has 0 aliphatic carbocycles. The predicted molar refractivity (Wildman–Crippen MR) is 90.4 cm³/mol. The number of nitrogens with one attached hydrogen (secondary N) is 1. The fourth-order valence-corrected chi connectivity index (χ4v) is 2.69. The summed E-state index contributed by atoms with van der Waals surface area (Å²) in [5, 5.41) is 35.6. The Labute approximate surface area is 158 Å². The first kappa shape index (κ1) is 19.1. The topological polar surface area (TPSA) is 202 Å². The monoisotopic (exact) mass is 407 g/mol. The maximum absolute atomic E-state index is 11.0. The van der Waals surface area contributed by atoms with Crippen LogP contribution in [0.3, 0.4) is 0 Å². The zero-order valence-corrected chi connectivity index (χ0v) is 13.9. The van der Waals surface area contributed by atoms with E-state index in [9.17, 15) is 19.2 Å². The van der Waals surface area contributed by atoms with Gasteiger partial charge in [0.25, 0.3) is 0 Å². The van der Waals surface area contributed by atoms with E-state index >= 15 is 0 Å². The van der Waals surface area contributed by atoms with Crippen LogP contribution in [0.5, 0.6) is 23.0 Å². The van der Waals surface area contributed by atoms with Crippen LogP contribution in [0.15, 0.2) is 24.3 Å². The molecule has 0 fully saturated rings. The number of aromatic amines is 1. The molecule has 13 nitrogen and oxygen atoms in total. The number of fused-ring (bicyclic) bond motifs is 3. The van der Waals surface area contributed by atoms with Gasteiger partial charge in [-0.05, 0) is 6.07 Å². The van der Waals surface area contributed by atoms with E-state index in [2.05, 4.69) is 23.9 Å². The van der Waals surface area contributed by atoms with Gasteiger partial charge in [-0.3, -0.25) is 0 Å². The maximum atomic E-state index is 11.0. The predicted octanol–water partition coefficient (Wildman–Crippen LogP) is 3.55. The summed E-state index contributed by atoms with van der Waals surface area (Å²) in [6.45, 7) is 0. The third kappa shape index (κ3) is 4.02. The molecule has 1 aromatic heterocycles. The zero-order chi connectivity index (χ0) is 21.3.